The fraction of sp³-hybridized carbons (Fsp3) is 0.353. The number of unbranched alkanes of at least 4 members (excludes halogenated alkanes) is 4. The number of rotatable bonds is 15. The molecule has 1 saturated heterocycles. The van der Waals surface area contributed by atoms with Gasteiger partial charge in [0, 0.05) is 77.7 Å². The summed E-state index contributed by atoms with van der Waals surface area (Å²) in [6.07, 6.45) is 12.4. The molecule has 0 atom stereocenters. The summed E-state index contributed by atoms with van der Waals surface area (Å²) in [5, 5.41) is 3.08. The number of nitrogens with zero attached hydrogens (tertiary/aromatic N) is 5. The predicted molar refractivity (Wildman–Crippen MR) is 179 cm³/mol. The number of halogens is 1. The monoisotopic (exact) mass is 660 g/mol. The number of thioether (sulfide) groups is 1. The highest BCUT2D eigenvalue weighted by Crippen LogP contribution is 2.23. The van der Waals surface area contributed by atoms with E-state index in [0.717, 1.165) is 49.1 Å². The molecule has 2 aromatic heterocycles. The number of aromatic nitrogens is 4. The van der Waals surface area contributed by atoms with Crippen molar-refractivity contribution < 1.29 is 14.3 Å². The van der Waals surface area contributed by atoms with Gasteiger partial charge in [0.1, 0.15) is 6.33 Å². The number of morpholine rings is 1. The van der Waals surface area contributed by atoms with Crippen LogP contribution in [0.4, 0.5) is 0 Å². The van der Waals surface area contributed by atoms with Crippen LogP contribution in [0.15, 0.2) is 83.4 Å². The van der Waals surface area contributed by atoms with Gasteiger partial charge in [-0.3, -0.25) is 24.4 Å². The third-order valence-electron chi connectivity index (χ3n) is 7.60. The lowest BCUT2D eigenvalue weighted by molar-refractivity contribution is 0.0126. The molecular weight excluding hydrogens is 624 g/mol. The zero-order chi connectivity index (χ0) is 32.1. The number of nitrogens with one attached hydrogen (secondary N) is 1. The van der Waals surface area contributed by atoms with Gasteiger partial charge in [-0.05, 0) is 66.9 Å². The summed E-state index contributed by atoms with van der Waals surface area (Å²) in [6, 6.07) is 14.3. The van der Waals surface area contributed by atoms with E-state index in [1.165, 1.54) is 18.1 Å². The maximum atomic E-state index is 13.1. The summed E-state index contributed by atoms with van der Waals surface area (Å²) in [5.74, 6) is 0.757. The Morgan fingerprint density at radius 1 is 0.891 bits per heavy atom. The Morgan fingerprint density at radius 3 is 2.30 bits per heavy atom. The minimum Gasteiger partial charge on any atom is -0.379 e. The summed E-state index contributed by atoms with van der Waals surface area (Å²) in [7, 11) is 0. The molecule has 46 heavy (non-hydrogen) atoms. The molecule has 0 unspecified atom stereocenters. The molecule has 10 nitrogen and oxygen atoms in total. The molecule has 5 rings (SSSR count). The number of amides is 1. The van der Waals surface area contributed by atoms with Gasteiger partial charge in [0.25, 0.3) is 11.5 Å². The molecule has 2 aromatic carbocycles. The first-order chi connectivity index (χ1) is 22.5. The number of hydrazine groups is 1. The molecule has 1 fully saturated rings. The van der Waals surface area contributed by atoms with Crippen LogP contribution in [0, 0.1) is 0 Å². The van der Waals surface area contributed by atoms with E-state index < -0.39 is 0 Å². The molecule has 0 spiro atoms. The van der Waals surface area contributed by atoms with Crippen molar-refractivity contribution in [3.05, 3.63) is 111 Å². The number of hydrogen-bond donors (Lipinski definition) is 1. The van der Waals surface area contributed by atoms with E-state index in [1.807, 2.05) is 27.9 Å². The zero-order valence-corrected chi connectivity index (χ0v) is 27.1. The molecule has 1 N–H and O–H groups in total. The molecule has 240 valence electrons. The van der Waals surface area contributed by atoms with Crippen molar-refractivity contribution in [2.75, 3.05) is 32.1 Å². The molecule has 0 radical (unpaired) electrons. The van der Waals surface area contributed by atoms with E-state index >= 15 is 0 Å². The number of Topliss-reactive ketones (excluding diaryl/α,β-unsaturated/α-hetero) is 1. The maximum absolute atomic E-state index is 13.1. The van der Waals surface area contributed by atoms with Gasteiger partial charge in [-0.1, -0.05) is 42.6 Å². The Balaban J connectivity index is 1.19. The summed E-state index contributed by atoms with van der Waals surface area (Å²) in [6.45, 7) is 2.46. The van der Waals surface area contributed by atoms with Gasteiger partial charge < -0.3 is 4.74 Å². The van der Waals surface area contributed by atoms with Crippen LogP contribution < -0.4 is 11.0 Å². The van der Waals surface area contributed by atoms with Crippen LogP contribution in [0.2, 0.25) is 5.02 Å². The highest BCUT2D eigenvalue weighted by molar-refractivity contribution is 7.99. The van der Waals surface area contributed by atoms with Crippen molar-refractivity contribution in [1.29, 1.82) is 0 Å². The maximum Gasteiger partial charge on any atom is 0.277 e. The second-order valence-electron chi connectivity index (χ2n) is 11.0. The van der Waals surface area contributed by atoms with Gasteiger partial charge in [0.15, 0.2) is 10.9 Å². The van der Waals surface area contributed by atoms with Crippen LogP contribution in [0.5, 0.6) is 0 Å². The van der Waals surface area contributed by atoms with E-state index in [9.17, 15) is 14.4 Å². The second-order valence-corrected chi connectivity index (χ2v) is 12.5. The van der Waals surface area contributed by atoms with Crippen LogP contribution in [0.1, 0.15) is 70.4 Å². The van der Waals surface area contributed by atoms with E-state index in [1.54, 1.807) is 48.8 Å². The first-order valence-electron chi connectivity index (χ1n) is 15.5. The van der Waals surface area contributed by atoms with Gasteiger partial charge in [-0.2, -0.15) is 4.98 Å². The Kier molecular flexibility index (Phi) is 12.5. The smallest absolute Gasteiger partial charge is 0.277 e. The van der Waals surface area contributed by atoms with Crippen LogP contribution in [-0.4, -0.2) is 68.3 Å². The van der Waals surface area contributed by atoms with E-state index in [-0.39, 0.29) is 17.2 Å². The number of carbonyl (C=O) groups excluding carboxylic acids is 2. The van der Waals surface area contributed by atoms with Crippen LogP contribution in [0.25, 0.3) is 5.69 Å². The van der Waals surface area contributed by atoms with E-state index in [0.29, 0.717) is 66.0 Å². The summed E-state index contributed by atoms with van der Waals surface area (Å²) in [4.78, 5) is 50.8. The van der Waals surface area contributed by atoms with Crippen molar-refractivity contribution in [2.24, 2.45) is 0 Å². The van der Waals surface area contributed by atoms with Gasteiger partial charge in [-0.25, -0.2) is 15.0 Å². The van der Waals surface area contributed by atoms with Gasteiger partial charge in [-0.15, -0.1) is 0 Å². The average molecular weight is 661 g/mol. The van der Waals surface area contributed by atoms with Gasteiger partial charge >= 0.3 is 0 Å². The van der Waals surface area contributed by atoms with Gasteiger partial charge in [0.2, 0.25) is 0 Å². The lowest BCUT2D eigenvalue weighted by Crippen LogP contribution is -2.48. The third-order valence-corrected chi connectivity index (χ3v) is 8.89. The largest absolute Gasteiger partial charge is 0.379 e. The number of carbonyl (C=O) groups is 2. The number of hydrogen-bond acceptors (Lipinski definition) is 9. The van der Waals surface area contributed by atoms with E-state index in [4.69, 9.17) is 16.3 Å². The Morgan fingerprint density at radius 2 is 1.57 bits per heavy atom. The lowest BCUT2D eigenvalue weighted by Gasteiger charge is -2.26. The van der Waals surface area contributed by atoms with Crippen LogP contribution in [-0.2, 0) is 11.2 Å². The average Bonchev–Trinajstić information content (AvgIpc) is 3.08. The standard InChI is InChI=1S/C34H37ClN6O4S/c35-29-11-7-26(8-12-29)31(42)6-4-2-1-3-5-19-46-34-38-32(43)28(20-25-21-36-24-37-22-25)23-41(34)30-13-9-27(10-14-30)33(44)39-40-15-17-45-18-16-40/h7-14,21-24H,1-6,15-20H2,(H,39,44). The van der Waals surface area contributed by atoms with Crippen molar-refractivity contribution >= 4 is 35.1 Å². The summed E-state index contributed by atoms with van der Waals surface area (Å²) in [5.41, 5.74) is 6.04. The van der Waals surface area contributed by atoms with Crippen molar-refractivity contribution in [3.8, 4) is 5.69 Å². The van der Waals surface area contributed by atoms with Crippen LogP contribution in [0.3, 0.4) is 0 Å². The van der Waals surface area contributed by atoms with Crippen molar-refractivity contribution in [3.63, 3.8) is 0 Å². The summed E-state index contributed by atoms with van der Waals surface area (Å²) >= 11 is 7.45. The highest BCUT2D eigenvalue weighted by atomic mass is 35.5. The molecule has 4 aromatic rings. The molecule has 0 aliphatic carbocycles. The van der Waals surface area contributed by atoms with Gasteiger partial charge in [0.05, 0.1) is 13.2 Å². The fourth-order valence-corrected chi connectivity index (χ4v) is 6.15. The van der Waals surface area contributed by atoms with E-state index in [2.05, 4.69) is 20.4 Å². The first-order valence-corrected chi connectivity index (χ1v) is 16.8. The third kappa shape index (κ3) is 9.80. The van der Waals surface area contributed by atoms with Crippen molar-refractivity contribution in [1.82, 2.24) is 30.0 Å². The molecule has 3 heterocycles. The fourth-order valence-electron chi connectivity index (χ4n) is 5.05. The Hall–Kier alpha value is -3.90. The highest BCUT2D eigenvalue weighted by Gasteiger charge is 2.16. The summed E-state index contributed by atoms with van der Waals surface area (Å²) < 4.78 is 7.27. The molecular formula is C34H37ClN6O4S. The first kappa shape index (κ1) is 33.5. The normalized spacial score (nSPS) is 13.4. The molecule has 1 aliphatic rings. The van der Waals surface area contributed by atoms with Crippen LogP contribution >= 0.6 is 23.4 Å². The Labute approximate surface area is 277 Å². The molecule has 0 saturated carbocycles. The minimum atomic E-state index is -0.283. The molecule has 1 amide bonds. The molecule has 0 bridgehead atoms. The lowest BCUT2D eigenvalue weighted by atomic mass is 10.0. The SMILES string of the molecule is O=C(CCCCCCCSc1nc(=O)c(Cc2cncnc2)cn1-c1ccc(C(=O)NN2CCOCC2)cc1)c1ccc(Cl)cc1. The predicted octanol–water partition coefficient (Wildman–Crippen LogP) is 5.56. The minimum absolute atomic E-state index is 0.144. The molecule has 1 aliphatic heterocycles. The second kappa shape index (κ2) is 17.1. The number of ether oxygens (including phenoxy) is 1. The van der Waals surface area contributed by atoms with Crippen molar-refractivity contribution in [2.45, 2.75) is 50.1 Å². The number of ketones is 1. The zero-order valence-electron chi connectivity index (χ0n) is 25.6. The molecule has 12 heteroatoms. The number of benzene rings is 2. The topological polar surface area (TPSA) is 119 Å². The Bertz CT molecular complexity index is 1650. The quantitative estimate of drug-likeness (QED) is 0.0757.